The van der Waals surface area contributed by atoms with Crippen LogP contribution in [0.3, 0.4) is 0 Å². The van der Waals surface area contributed by atoms with E-state index in [1.165, 1.54) is 18.3 Å². The highest BCUT2D eigenvalue weighted by molar-refractivity contribution is 5.87. The van der Waals surface area contributed by atoms with E-state index in [4.69, 9.17) is 5.11 Å². The van der Waals surface area contributed by atoms with Crippen LogP contribution in [0.1, 0.15) is 29.4 Å². The highest BCUT2D eigenvalue weighted by atomic mass is 16.4. The maximum absolute atomic E-state index is 11.7. The number of rotatable bonds is 7. The summed E-state index contributed by atoms with van der Waals surface area (Å²) in [4.78, 5) is 28.6. The van der Waals surface area contributed by atoms with Crippen molar-refractivity contribution in [3.63, 3.8) is 0 Å². The number of carbonyl (C=O) groups is 2. The summed E-state index contributed by atoms with van der Waals surface area (Å²) in [5.74, 6) is -1.01. The van der Waals surface area contributed by atoms with Crippen molar-refractivity contribution in [1.82, 2.24) is 20.5 Å². The Hall–Kier alpha value is -2.15. The third-order valence-electron chi connectivity index (χ3n) is 2.88. The van der Waals surface area contributed by atoms with Crippen molar-refractivity contribution in [3.05, 3.63) is 29.6 Å². The first-order chi connectivity index (χ1) is 9.88. The molecule has 0 radical (unpaired) electrons. The highest BCUT2D eigenvalue weighted by Crippen LogP contribution is 2.01. The van der Waals surface area contributed by atoms with Gasteiger partial charge in [-0.3, -0.25) is 4.98 Å². The van der Waals surface area contributed by atoms with Crippen LogP contribution in [0.5, 0.6) is 0 Å². The van der Waals surface area contributed by atoms with Crippen molar-refractivity contribution in [1.29, 1.82) is 0 Å². The van der Waals surface area contributed by atoms with Crippen molar-refractivity contribution in [2.45, 2.75) is 25.9 Å². The van der Waals surface area contributed by atoms with Gasteiger partial charge < -0.3 is 20.6 Å². The van der Waals surface area contributed by atoms with E-state index >= 15 is 0 Å². The Kier molecular flexibility index (Phi) is 6.61. The summed E-state index contributed by atoms with van der Waals surface area (Å²) < 4.78 is 0. The lowest BCUT2D eigenvalue weighted by Gasteiger charge is -2.17. The minimum atomic E-state index is -1.01. The second-order valence-electron chi connectivity index (χ2n) is 5.16. The number of aromatic nitrogens is 1. The lowest BCUT2D eigenvalue weighted by Crippen LogP contribution is -2.41. The average molecular weight is 294 g/mol. The first-order valence-electron chi connectivity index (χ1n) is 6.76. The van der Waals surface area contributed by atoms with Crippen LogP contribution in [-0.2, 0) is 6.54 Å². The fourth-order valence-electron chi connectivity index (χ4n) is 1.68. The Morgan fingerprint density at radius 3 is 2.76 bits per heavy atom. The molecule has 1 heterocycles. The molecule has 0 saturated carbocycles. The number of aromatic carboxylic acids is 1. The molecule has 1 atom stereocenters. The fourth-order valence-corrected chi connectivity index (χ4v) is 1.68. The number of hydrogen-bond acceptors (Lipinski definition) is 4. The van der Waals surface area contributed by atoms with Gasteiger partial charge in [0.05, 0.1) is 17.8 Å². The van der Waals surface area contributed by atoms with Crippen LogP contribution in [0.2, 0.25) is 0 Å². The normalized spacial score (nSPS) is 12.0. The van der Waals surface area contributed by atoms with Gasteiger partial charge in [0, 0.05) is 12.2 Å². The van der Waals surface area contributed by atoms with Crippen molar-refractivity contribution in [2.24, 2.45) is 0 Å². The van der Waals surface area contributed by atoms with Crippen molar-refractivity contribution in [2.75, 3.05) is 20.6 Å². The molecule has 0 aliphatic carbocycles. The van der Waals surface area contributed by atoms with E-state index in [9.17, 15) is 9.59 Å². The Bertz CT molecular complexity index is 491. The molecule has 0 saturated heterocycles. The molecule has 7 heteroatoms. The highest BCUT2D eigenvalue weighted by Gasteiger charge is 2.08. The van der Waals surface area contributed by atoms with Crippen LogP contribution in [-0.4, -0.2) is 53.7 Å². The molecule has 0 aromatic carbocycles. The fraction of sp³-hybridized carbons (Fsp3) is 0.500. The van der Waals surface area contributed by atoms with E-state index in [2.05, 4.69) is 20.5 Å². The Labute approximate surface area is 124 Å². The SMILES string of the molecule is CC(CCN(C)C)NC(=O)NCc1cc(C(=O)O)ccn1. The lowest BCUT2D eigenvalue weighted by atomic mass is 10.2. The van der Waals surface area contributed by atoms with Crippen molar-refractivity contribution < 1.29 is 14.7 Å². The van der Waals surface area contributed by atoms with Gasteiger partial charge in [-0.05, 0) is 46.1 Å². The molecule has 3 N–H and O–H groups in total. The standard InChI is InChI=1S/C14H22N4O3/c1-10(5-7-18(2)3)17-14(21)16-9-12-8-11(13(19)20)4-6-15-12/h4,6,8,10H,5,7,9H2,1-3H3,(H,19,20)(H2,16,17,21). The Morgan fingerprint density at radius 1 is 1.43 bits per heavy atom. The molecule has 7 nitrogen and oxygen atoms in total. The smallest absolute Gasteiger partial charge is 0.335 e. The second kappa shape index (κ2) is 8.21. The van der Waals surface area contributed by atoms with Crippen LogP contribution in [0.4, 0.5) is 4.79 Å². The van der Waals surface area contributed by atoms with Crippen LogP contribution in [0.25, 0.3) is 0 Å². The number of pyridine rings is 1. The predicted octanol–water partition coefficient (Wildman–Crippen LogP) is 0.919. The largest absolute Gasteiger partial charge is 0.478 e. The third-order valence-corrected chi connectivity index (χ3v) is 2.88. The zero-order valence-electron chi connectivity index (χ0n) is 12.6. The number of carboxylic acids is 1. The van der Waals surface area contributed by atoms with E-state index < -0.39 is 5.97 Å². The number of nitrogens with one attached hydrogen (secondary N) is 2. The topological polar surface area (TPSA) is 94.6 Å². The van der Waals surface area contributed by atoms with Gasteiger partial charge >= 0.3 is 12.0 Å². The number of carboxylic acid groups (broad SMARTS) is 1. The molecule has 0 aliphatic heterocycles. The van der Waals surface area contributed by atoms with E-state index in [-0.39, 0.29) is 24.2 Å². The van der Waals surface area contributed by atoms with Gasteiger partial charge in [-0.25, -0.2) is 9.59 Å². The van der Waals surface area contributed by atoms with Gasteiger partial charge in [-0.1, -0.05) is 0 Å². The van der Waals surface area contributed by atoms with Crippen molar-refractivity contribution >= 4 is 12.0 Å². The molecule has 0 bridgehead atoms. The zero-order valence-corrected chi connectivity index (χ0v) is 12.6. The van der Waals surface area contributed by atoms with Crippen LogP contribution < -0.4 is 10.6 Å². The summed E-state index contributed by atoms with van der Waals surface area (Å²) in [6.45, 7) is 3.02. The van der Waals surface area contributed by atoms with Crippen LogP contribution in [0.15, 0.2) is 18.3 Å². The molecule has 1 aromatic heterocycles. The Morgan fingerprint density at radius 2 is 2.14 bits per heavy atom. The van der Waals surface area contributed by atoms with E-state index in [0.29, 0.717) is 5.69 Å². The monoisotopic (exact) mass is 294 g/mol. The Balaban J connectivity index is 2.39. The molecular weight excluding hydrogens is 272 g/mol. The van der Waals surface area contributed by atoms with E-state index in [1.807, 2.05) is 21.0 Å². The minimum absolute atomic E-state index is 0.0608. The first kappa shape index (κ1) is 16.9. The molecule has 0 aliphatic rings. The molecule has 1 aromatic rings. The molecule has 0 spiro atoms. The second-order valence-corrected chi connectivity index (χ2v) is 5.16. The summed E-state index contributed by atoms with van der Waals surface area (Å²) in [5.41, 5.74) is 0.660. The van der Waals surface area contributed by atoms with E-state index in [1.54, 1.807) is 0 Å². The number of urea groups is 1. The van der Waals surface area contributed by atoms with Crippen LogP contribution >= 0.6 is 0 Å². The molecule has 0 fully saturated rings. The number of hydrogen-bond donors (Lipinski definition) is 3. The summed E-state index contributed by atoms with van der Waals surface area (Å²) >= 11 is 0. The number of amides is 2. The average Bonchev–Trinajstić information content (AvgIpc) is 2.43. The summed E-state index contributed by atoms with van der Waals surface area (Å²) in [6.07, 6.45) is 2.27. The molecule has 1 unspecified atom stereocenters. The minimum Gasteiger partial charge on any atom is -0.478 e. The number of carbonyl (C=O) groups excluding carboxylic acids is 1. The van der Waals surface area contributed by atoms with Gasteiger partial charge in [0.2, 0.25) is 0 Å². The van der Waals surface area contributed by atoms with E-state index in [0.717, 1.165) is 13.0 Å². The third kappa shape index (κ3) is 6.71. The molecular formula is C14H22N4O3. The quantitative estimate of drug-likeness (QED) is 0.695. The lowest BCUT2D eigenvalue weighted by molar-refractivity contribution is 0.0696. The van der Waals surface area contributed by atoms with Crippen molar-refractivity contribution in [3.8, 4) is 0 Å². The summed E-state index contributed by atoms with van der Waals surface area (Å²) in [7, 11) is 3.96. The summed E-state index contributed by atoms with van der Waals surface area (Å²) in [5, 5.41) is 14.4. The molecule has 1 rings (SSSR count). The van der Waals surface area contributed by atoms with Gasteiger partial charge in [0.25, 0.3) is 0 Å². The maximum Gasteiger partial charge on any atom is 0.335 e. The van der Waals surface area contributed by atoms with Crippen LogP contribution in [0, 0.1) is 0 Å². The first-order valence-corrected chi connectivity index (χ1v) is 6.76. The van der Waals surface area contributed by atoms with Gasteiger partial charge in [0.1, 0.15) is 0 Å². The summed E-state index contributed by atoms with van der Waals surface area (Å²) in [6, 6.07) is 2.63. The molecule has 2 amide bonds. The zero-order chi connectivity index (χ0) is 15.8. The maximum atomic E-state index is 11.7. The number of nitrogens with zero attached hydrogens (tertiary/aromatic N) is 2. The predicted molar refractivity (Wildman–Crippen MR) is 79.2 cm³/mol. The van der Waals surface area contributed by atoms with Gasteiger partial charge in [-0.2, -0.15) is 0 Å². The molecule has 21 heavy (non-hydrogen) atoms. The van der Waals surface area contributed by atoms with Gasteiger partial charge in [-0.15, -0.1) is 0 Å². The van der Waals surface area contributed by atoms with Gasteiger partial charge in [0.15, 0.2) is 0 Å². The molecule has 116 valence electrons.